The summed E-state index contributed by atoms with van der Waals surface area (Å²) in [5.74, 6) is 1.79. The average molecular weight is 361 g/mol. The van der Waals surface area contributed by atoms with Crippen LogP contribution in [0.3, 0.4) is 0 Å². The van der Waals surface area contributed by atoms with Gasteiger partial charge in [-0.2, -0.15) is 0 Å². The molecule has 3 aliphatic heterocycles. The van der Waals surface area contributed by atoms with Crippen LogP contribution in [-0.2, 0) is 22.5 Å². The highest BCUT2D eigenvalue weighted by molar-refractivity contribution is 5.90. The Morgan fingerprint density at radius 3 is 2.62 bits per heavy atom. The van der Waals surface area contributed by atoms with Crippen molar-refractivity contribution in [3.8, 4) is 0 Å². The summed E-state index contributed by atoms with van der Waals surface area (Å²) in [5.41, 5.74) is 0.712. The topological polar surface area (TPSA) is 75.9 Å². The third kappa shape index (κ3) is 3.37. The van der Waals surface area contributed by atoms with Gasteiger partial charge >= 0.3 is 5.91 Å². The fourth-order valence-corrected chi connectivity index (χ4v) is 4.42. The molecular formula is C19H27N3O4. The van der Waals surface area contributed by atoms with Crippen LogP contribution in [0.25, 0.3) is 0 Å². The molecule has 0 saturated carbocycles. The number of carbonyl (C=O) groups is 2. The van der Waals surface area contributed by atoms with Gasteiger partial charge in [0.15, 0.2) is 0 Å². The number of amides is 2. The van der Waals surface area contributed by atoms with E-state index in [1.165, 1.54) is 0 Å². The maximum atomic E-state index is 12.8. The van der Waals surface area contributed by atoms with E-state index >= 15 is 0 Å². The van der Waals surface area contributed by atoms with Gasteiger partial charge in [0.25, 0.3) is 11.8 Å². The Morgan fingerprint density at radius 1 is 1.15 bits per heavy atom. The fraction of sp³-hybridized carbons (Fsp3) is 0.737. The SMILES string of the molecule is C[C@@H]1C[C@@H](C)CN(C(=O)c2nc3c(o2)CCN(C(=O)[C@H]2CCCO2)C3)C1. The normalized spacial score (nSPS) is 28.9. The second-order valence-electron chi connectivity index (χ2n) is 8.06. The Bertz CT molecular complexity index is 685. The van der Waals surface area contributed by atoms with Crippen LogP contribution in [0.1, 0.15) is 55.2 Å². The highest BCUT2D eigenvalue weighted by Gasteiger charge is 2.34. The van der Waals surface area contributed by atoms with E-state index in [4.69, 9.17) is 9.15 Å². The number of ether oxygens (including phenoxy) is 1. The molecule has 1 aromatic rings. The summed E-state index contributed by atoms with van der Waals surface area (Å²) in [5, 5.41) is 0. The van der Waals surface area contributed by atoms with Gasteiger partial charge in [0.05, 0.1) is 6.54 Å². The zero-order valence-corrected chi connectivity index (χ0v) is 15.6. The number of rotatable bonds is 2. The molecule has 0 radical (unpaired) electrons. The third-order valence-electron chi connectivity index (χ3n) is 5.58. The number of likely N-dealkylation sites (tertiary alicyclic amines) is 1. The molecule has 3 aliphatic rings. The molecule has 3 atom stereocenters. The average Bonchev–Trinajstić information content (AvgIpc) is 3.28. The molecule has 4 rings (SSSR count). The molecule has 0 aromatic carbocycles. The Kier molecular flexibility index (Phi) is 4.73. The number of fused-ring (bicyclic) bond motifs is 1. The second-order valence-corrected chi connectivity index (χ2v) is 8.06. The third-order valence-corrected chi connectivity index (χ3v) is 5.58. The van der Waals surface area contributed by atoms with Gasteiger partial charge in [-0.1, -0.05) is 13.8 Å². The maximum absolute atomic E-state index is 12.8. The van der Waals surface area contributed by atoms with Gasteiger partial charge in [-0.05, 0) is 31.1 Å². The van der Waals surface area contributed by atoms with Gasteiger partial charge < -0.3 is 19.0 Å². The summed E-state index contributed by atoms with van der Waals surface area (Å²) in [6, 6.07) is 0. The predicted octanol–water partition coefficient (Wildman–Crippen LogP) is 1.86. The summed E-state index contributed by atoms with van der Waals surface area (Å²) >= 11 is 0. The molecule has 0 unspecified atom stereocenters. The van der Waals surface area contributed by atoms with Crippen molar-refractivity contribution in [3.63, 3.8) is 0 Å². The lowest BCUT2D eigenvalue weighted by Gasteiger charge is -2.34. The first kappa shape index (κ1) is 17.5. The van der Waals surface area contributed by atoms with Crippen molar-refractivity contribution in [2.75, 3.05) is 26.2 Å². The lowest BCUT2D eigenvalue weighted by atomic mass is 9.92. The zero-order chi connectivity index (χ0) is 18.3. The minimum atomic E-state index is -0.319. The van der Waals surface area contributed by atoms with E-state index in [1.807, 2.05) is 4.90 Å². The summed E-state index contributed by atoms with van der Waals surface area (Å²) in [7, 11) is 0. The lowest BCUT2D eigenvalue weighted by molar-refractivity contribution is -0.142. The van der Waals surface area contributed by atoms with E-state index in [0.717, 1.165) is 38.1 Å². The van der Waals surface area contributed by atoms with Crippen LogP contribution in [0.15, 0.2) is 4.42 Å². The largest absolute Gasteiger partial charge is 0.437 e. The van der Waals surface area contributed by atoms with Crippen molar-refractivity contribution in [1.82, 2.24) is 14.8 Å². The number of nitrogens with zero attached hydrogens (tertiary/aromatic N) is 3. The summed E-state index contributed by atoms with van der Waals surface area (Å²) in [6.45, 7) is 7.49. The molecule has 2 amide bonds. The predicted molar refractivity (Wildman–Crippen MR) is 93.4 cm³/mol. The number of carbonyl (C=O) groups excluding carboxylic acids is 2. The van der Waals surface area contributed by atoms with E-state index < -0.39 is 0 Å². The zero-order valence-electron chi connectivity index (χ0n) is 15.6. The van der Waals surface area contributed by atoms with Gasteiger partial charge in [0.2, 0.25) is 0 Å². The number of piperidine rings is 1. The van der Waals surface area contributed by atoms with E-state index in [1.54, 1.807) is 4.90 Å². The minimum Gasteiger partial charge on any atom is -0.437 e. The molecule has 1 aromatic heterocycles. The van der Waals surface area contributed by atoms with Gasteiger partial charge in [-0.25, -0.2) is 4.98 Å². The van der Waals surface area contributed by atoms with Crippen LogP contribution in [0.4, 0.5) is 0 Å². The van der Waals surface area contributed by atoms with Crippen molar-refractivity contribution in [1.29, 1.82) is 0 Å². The van der Waals surface area contributed by atoms with Crippen molar-refractivity contribution in [3.05, 3.63) is 17.3 Å². The molecule has 26 heavy (non-hydrogen) atoms. The molecule has 0 aliphatic carbocycles. The van der Waals surface area contributed by atoms with Crippen LogP contribution in [0.5, 0.6) is 0 Å². The summed E-state index contributed by atoms with van der Waals surface area (Å²) < 4.78 is 11.3. The first-order chi connectivity index (χ1) is 12.5. The van der Waals surface area contributed by atoms with E-state index in [-0.39, 0.29) is 23.8 Å². The number of hydrogen-bond acceptors (Lipinski definition) is 5. The number of oxazole rings is 1. The Balaban J connectivity index is 1.45. The van der Waals surface area contributed by atoms with Crippen LogP contribution in [-0.4, -0.2) is 58.9 Å². The van der Waals surface area contributed by atoms with Gasteiger partial charge in [0.1, 0.15) is 17.6 Å². The highest BCUT2D eigenvalue weighted by atomic mass is 16.5. The molecule has 7 heteroatoms. The molecule has 0 bridgehead atoms. The molecule has 7 nitrogen and oxygen atoms in total. The maximum Gasteiger partial charge on any atom is 0.309 e. The van der Waals surface area contributed by atoms with Crippen molar-refractivity contribution in [2.24, 2.45) is 11.8 Å². The molecule has 2 fully saturated rings. The Labute approximate surface area is 153 Å². The van der Waals surface area contributed by atoms with Crippen LogP contribution in [0.2, 0.25) is 0 Å². The molecule has 4 heterocycles. The van der Waals surface area contributed by atoms with Crippen LogP contribution >= 0.6 is 0 Å². The standard InChI is InChI=1S/C19H27N3O4/c1-12-8-13(2)10-22(9-12)19(24)17-20-14-11-21(6-5-15(14)26-17)18(23)16-4-3-7-25-16/h12-13,16H,3-11H2,1-2H3/t12-,13-,16-/m1/s1. The first-order valence-corrected chi connectivity index (χ1v) is 9.69. The van der Waals surface area contributed by atoms with Gasteiger partial charge in [-0.3, -0.25) is 9.59 Å². The quantitative estimate of drug-likeness (QED) is 0.804. The number of hydrogen-bond donors (Lipinski definition) is 0. The Hall–Kier alpha value is -1.89. The molecular weight excluding hydrogens is 334 g/mol. The van der Waals surface area contributed by atoms with Crippen molar-refractivity contribution < 1.29 is 18.7 Å². The number of aromatic nitrogens is 1. The van der Waals surface area contributed by atoms with Crippen molar-refractivity contribution in [2.45, 2.75) is 52.2 Å². The summed E-state index contributed by atoms with van der Waals surface area (Å²) in [6.07, 6.45) is 3.15. The monoisotopic (exact) mass is 361 g/mol. The molecule has 2 saturated heterocycles. The lowest BCUT2D eigenvalue weighted by Crippen LogP contribution is -2.42. The van der Waals surface area contributed by atoms with Gasteiger partial charge in [0, 0.05) is 32.7 Å². The first-order valence-electron chi connectivity index (χ1n) is 9.69. The second kappa shape index (κ2) is 7.02. The highest BCUT2D eigenvalue weighted by Crippen LogP contribution is 2.26. The van der Waals surface area contributed by atoms with Crippen LogP contribution < -0.4 is 0 Å². The Morgan fingerprint density at radius 2 is 1.92 bits per heavy atom. The molecule has 0 N–H and O–H groups in total. The molecule has 0 spiro atoms. The van der Waals surface area contributed by atoms with E-state index in [0.29, 0.717) is 43.6 Å². The van der Waals surface area contributed by atoms with Crippen LogP contribution in [0, 0.1) is 11.8 Å². The van der Waals surface area contributed by atoms with Gasteiger partial charge in [-0.15, -0.1) is 0 Å². The van der Waals surface area contributed by atoms with Crippen molar-refractivity contribution >= 4 is 11.8 Å². The minimum absolute atomic E-state index is 0.0303. The summed E-state index contributed by atoms with van der Waals surface area (Å²) in [4.78, 5) is 33.4. The smallest absolute Gasteiger partial charge is 0.309 e. The molecule has 142 valence electrons. The fourth-order valence-electron chi connectivity index (χ4n) is 4.42. The van der Waals surface area contributed by atoms with E-state index in [2.05, 4.69) is 18.8 Å². The van der Waals surface area contributed by atoms with E-state index in [9.17, 15) is 9.59 Å².